The monoisotopic (exact) mass is 236 g/mol. The van der Waals surface area contributed by atoms with Crippen molar-refractivity contribution < 1.29 is 19.1 Å². The molecular formula is C13H16O4. The Balaban J connectivity index is 2.83. The van der Waals surface area contributed by atoms with E-state index in [1.165, 1.54) is 6.92 Å². The predicted molar refractivity (Wildman–Crippen MR) is 62.9 cm³/mol. The molecule has 0 aromatic heterocycles. The number of rotatable bonds is 4. The van der Waals surface area contributed by atoms with E-state index in [9.17, 15) is 9.59 Å². The molecule has 0 fully saturated rings. The van der Waals surface area contributed by atoms with Crippen LogP contribution < -0.4 is 4.74 Å². The summed E-state index contributed by atoms with van der Waals surface area (Å²) in [7, 11) is 0. The van der Waals surface area contributed by atoms with Crippen molar-refractivity contribution >= 4 is 11.9 Å². The van der Waals surface area contributed by atoms with E-state index in [2.05, 4.69) is 4.74 Å². The molecule has 92 valence electrons. The maximum atomic E-state index is 11.6. The minimum atomic E-state index is -0.683. The second kappa shape index (κ2) is 6.03. The van der Waals surface area contributed by atoms with Crippen LogP contribution in [0, 0.1) is 5.92 Å². The summed E-state index contributed by atoms with van der Waals surface area (Å²) in [6, 6.07) is 6.71. The number of ether oxygens (including phenoxy) is 2. The molecule has 0 radical (unpaired) electrons. The fraction of sp³-hybridized carbons (Fsp3) is 0.385. The van der Waals surface area contributed by atoms with Gasteiger partial charge in [0.15, 0.2) is 0 Å². The standard InChI is InChI=1S/C13H16O4/c1-9(2)8-16-12-7-5-4-6-11(12)13(15)17-10(3)14/h4-7,9H,8H2,1-3H3. The molecule has 0 unspecified atom stereocenters. The molecule has 0 aliphatic heterocycles. The number of carbonyl (C=O) groups excluding carboxylic acids is 2. The Morgan fingerprint density at radius 2 is 1.88 bits per heavy atom. The predicted octanol–water partition coefficient (Wildman–Crippen LogP) is 2.42. The van der Waals surface area contributed by atoms with Crippen molar-refractivity contribution in [3.63, 3.8) is 0 Å². The van der Waals surface area contributed by atoms with Gasteiger partial charge in [0.2, 0.25) is 0 Å². The topological polar surface area (TPSA) is 52.6 Å². The first-order chi connectivity index (χ1) is 8.00. The van der Waals surface area contributed by atoms with Crippen molar-refractivity contribution in [1.82, 2.24) is 0 Å². The normalized spacial score (nSPS) is 10.1. The van der Waals surface area contributed by atoms with E-state index in [4.69, 9.17) is 4.74 Å². The van der Waals surface area contributed by atoms with E-state index >= 15 is 0 Å². The molecule has 1 aromatic rings. The van der Waals surface area contributed by atoms with Crippen LogP contribution in [0.5, 0.6) is 5.75 Å². The zero-order valence-electron chi connectivity index (χ0n) is 10.2. The zero-order valence-corrected chi connectivity index (χ0v) is 10.2. The fourth-order valence-electron chi connectivity index (χ4n) is 1.20. The van der Waals surface area contributed by atoms with Crippen molar-refractivity contribution in [2.45, 2.75) is 20.8 Å². The molecule has 0 bridgehead atoms. The Morgan fingerprint density at radius 1 is 1.24 bits per heavy atom. The Morgan fingerprint density at radius 3 is 2.47 bits per heavy atom. The number of esters is 2. The Labute approximate surface area is 101 Å². The second-order valence-corrected chi connectivity index (χ2v) is 4.08. The van der Waals surface area contributed by atoms with Gasteiger partial charge in [-0.05, 0) is 18.1 Å². The maximum Gasteiger partial charge on any atom is 0.349 e. The van der Waals surface area contributed by atoms with E-state index in [1.54, 1.807) is 24.3 Å². The molecule has 0 saturated heterocycles. The summed E-state index contributed by atoms with van der Waals surface area (Å²) >= 11 is 0. The highest BCUT2D eigenvalue weighted by atomic mass is 16.6. The van der Waals surface area contributed by atoms with Gasteiger partial charge in [-0.1, -0.05) is 26.0 Å². The quantitative estimate of drug-likeness (QED) is 0.595. The minimum Gasteiger partial charge on any atom is -0.492 e. The first-order valence-corrected chi connectivity index (χ1v) is 5.45. The smallest absolute Gasteiger partial charge is 0.349 e. The number of carbonyl (C=O) groups is 2. The summed E-state index contributed by atoms with van der Waals surface area (Å²) in [6.45, 7) is 5.72. The summed E-state index contributed by atoms with van der Waals surface area (Å²) in [5.74, 6) is -0.523. The lowest BCUT2D eigenvalue weighted by molar-refractivity contribution is -0.135. The van der Waals surface area contributed by atoms with Crippen LogP contribution in [0.25, 0.3) is 0 Å². The first-order valence-electron chi connectivity index (χ1n) is 5.45. The summed E-state index contributed by atoms with van der Waals surface area (Å²) in [5, 5.41) is 0. The van der Waals surface area contributed by atoms with Crippen LogP contribution in [-0.2, 0) is 9.53 Å². The summed E-state index contributed by atoms with van der Waals surface area (Å²) in [5.41, 5.74) is 0.267. The van der Waals surface area contributed by atoms with Crippen LogP contribution in [0.2, 0.25) is 0 Å². The average molecular weight is 236 g/mol. The van der Waals surface area contributed by atoms with Gasteiger partial charge in [-0.3, -0.25) is 4.79 Å². The Hall–Kier alpha value is -1.84. The van der Waals surface area contributed by atoms with E-state index in [0.29, 0.717) is 18.3 Å². The molecule has 4 nitrogen and oxygen atoms in total. The van der Waals surface area contributed by atoms with E-state index in [0.717, 1.165) is 0 Å². The van der Waals surface area contributed by atoms with Gasteiger partial charge >= 0.3 is 11.9 Å². The lowest BCUT2D eigenvalue weighted by Crippen LogP contribution is -2.12. The van der Waals surface area contributed by atoms with Gasteiger partial charge in [0, 0.05) is 6.92 Å². The highest BCUT2D eigenvalue weighted by Gasteiger charge is 2.15. The van der Waals surface area contributed by atoms with Crippen LogP contribution in [0.1, 0.15) is 31.1 Å². The van der Waals surface area contributed by atoms with E-state index in [1.807, 2.05) is 13.8 Å². The van der Waals surface area contributed by atoms with Gasteiger partial charge in [-0.15, -0.1) is 0 Å². The van der Waals surface area contributed by atoms with Crippen molar-refractivity contribution in [2.24, 2.45) is 5.92 Å². The molecule has 0 aliphatic carbocycles. The van der Waals surface area contributed by atoms with E-state index in [-0.39, 0.29) is 5.56 Å². The first kappa shape index (κ1) is 13.2. The summed E-state index contributed by atoms with van der Waals surface area (Å²) < 4.78 is 10.0. The molecule has 0 amide bonds. The average Bonchev–Trinajstić information content (AvgIpc) is 2.25. The lowest BCUT2D eigenvalue weighted by atomic mass is 10.2. The molecule has 1 aromatic carbocycles. The van der Waals surface area contributed by atoms with Gasteiger partial charge < -0.3 is 9.47 Å². The van der Waals surface area contributed by atoms with Crippen LogP contribution in [-0.4, -0.2) is 18.5 Å². The third kappa shape index (κ3) is 4.26. The third-order valence-electron chi connectivity index (χ3n) is 1.92. The molecule has 0 heterocycles. The second-order valence-electron chi connectivity index (χ2n) is 4.08. The SMILES string of the molecule is CC(=O)OC(=O)c1ccccc1OCC(C)C. The number of para-hydroxylation sites is 1. The number of hydrogen-bond acceptors (Lipinski definition) is 4. The van der Waals surface area contributed by atoms with Crippen molar-refractivity contribution in [3.05, 3.63) is 29.8 Å². The maximum absolute atomic E-state index is 11.6. The molecule has 1 rings (SSSR count). The molecule has 0 spiro atoms. The summed E-state index contributed by atoms with van der Waals surface area (Å²) in [6.07, 6.45) is 0. The molecule has 17 heavy (non-hydrogen) atoms. The molecule has 0 saturated carbocycles. The molecule has 4 heteroatoms. The number of benzene rings is 1. The highest BCUT2D eigenvalue weighted by Crippen LogP contribution is 2.19. The molecule has 0 atom stereocenters. The van der Waals surface area contributed by atoms with Gasteiger partial charge in [0.05, 0.1) is 6.61 Å². The van der Waals surface area contributed by atoms with E-state index < -0.39 is 11.9 Å². The van der Waals surface area contributed by atoms with Crippen LogP contribution in [0.3, 0.4) is 0 Å². The minimum absolute atomic E-state index is 0.267. The van der Waals surface area contributed by atoms with Gasteiger partial charge in [0.1, 0.15) is 11.3 Å². The van der Waals surface area contributed by atoms with Crippen molar-refractivity contribution in [2.75, 3.05) is 6.61 Å². The Bertz CT molecular complexity index is 410. The van der Waals surface area contributed by atoms with Crippen molar-refractivity contribution in [1.29, 1.82) is 0 Å². The van der Waals surface area contributed by atoms with Gasteiger partial charge in [-0.2, -0.15) is 0 Å². The van der Waals surface area contributed by atoms with Crippen LogP contribution >= 0.6 is 0 Å². The fourth-order valence-corrected chi connectivity index (χ4v) is 1.20. The number of hydrogen-bond donors (Lipinski definition) is 0. The molecule has 0 N–H and O–H groups in total. The molecular weight excluding hydrogens is 220 g/mol. The lowest BCUT2D eigenvalue weighted by Gasteiger charge is -2.11. The van der Waals surface area contributed by atoms with Crippen LogP contribution in [0.15, 0.2) is 24.3 Å². The third-order valence-corrected chi connectivity index (χ3v) is 1.92. The van der Waals surface area contributed by atoms with Gasteiger partial charge in [0.25, 0.3) is 0 Å². The van der Waals surface area contributed by atoms with Gasteiger partial charge in [-0.25, -0.2) is 4.79 Å². The zero-order chi connectivity index (χ0) is 12.8. The summed E-state index contributed by atoms with van der Waals surface area (Å²) in [4.78, 5) is 22.3. The molecule has 0 aliphatic rings. The highest BCUT2D eigenvalue weighted by molar-refractivity contribution is 5.98. The van der Waals surface area contributed by atoms with Crippen molar-refractivity contribution in [3.8, 4) is 5.75 Å². The van der Waals surface area contributed by atoms with Crippen LogP contribution in [0.4, 0.5) is 0 Å². The largest absolute Gasteiger partial charge is 0.492 e. The Kier molecular flexibility index (Phi) is 4.69.